The van der Waals surface area contributed by atoms with Gasteiger partial charge in [-0.3, -0.25) is 4.68 Å². The number of aldehydes is 1. The van der Waals surface area contributed by atoms with E-state index in [9.17, 15) is 9.90 Å². The molecule has 5 heteroatoms. The Labute approximate surface area is 87.5 Å². The monoisotopic (exact) mass is 216 g/mol. The number of carbonyl (C=O) groups is 1. The van der Waals surface area contributed by atoms with Crippen LogP contribution in [0, 0.1) is 6.92 Å². The van der Waals surface area contributed by atoms with E-state index in [2.05, 4.69) is 5.10 Å². The molecular weight excluding hydrogens is 204 g/mol. The zero-order valence-corrected chi connectivity index (χ0v) is 9.17. The Morgan fingerprint density at radius 3 is 2.64 bits per heavy atom. The van der Waals surface area contributed by atoms with E-state index in [-0.39, 0.29) is 6.42 Å². The van der Waals surface area contributed by atoms with E-state index < -0.39 is 5.60 Å². The molecule has 0 saturated carbocycles. The molecule has 1 heterocycles. The average molecular weight is 217 g/mol. The largest absolute Gasteiger partial charge is 0.382 e. The van der Waals surface area contributed by atoms with Crippen molar-refractivity contribution in [1.29, 1.82) is 0 Å². The quantitative estimate of drug-likeness (QED) is 0.763. The lowest BCUT2D eigenvalue weighted by Gasteiger charge is -2.15. The highest BCUT2D eigenvalue weighted by atomic mass is 35.5. The minimum atomic E-state index is -1.39. The van der Waals surface area contributed by atoms with Crippen molar-refractivity contribution in [1.82, 2.24) is 9.78 Å². The van der Waals surface area contributed by atoms with E-state index in [1.165, 1.54) is 6.92 Å². The first-order chi connectivity index (χ1) is 6.37. The second kappa shape index (κ2) is 3.71. The van der Waals surface area contributed by atoms with Gasteiger partial charge in [-0.25, -0.2) is 0 Å². The summed E-state index contributed by atoms with van der Waals surface area (Å²) in [5, 5.41) is 14.2. The van der Waals surface area contributed by atoms with Crippen molar-refractivity contribution in [2.45, 2.75) is 25.9 Å². The summed E-state index contributed by atoms with van der Waals surface area (Å²) in [4.78, 5) is 10.5. The van der Waals surface area contributed by atoms with Crippen LogP contribution in [-0.2, 0) is 18.3 Å². The summed E-state index contributed by atoms with van der Waals surface area (Å²) in [6.45, 7) is 3.22. The smallest absolute Gasteiger partial charge is 0.151 e. The molecule has 0 aliphatic carbocycles. The molecular formula is C9H13ClN2O2. The highest BCUT2D eigenvalue weighted by Crippen LogP contribution is 2.22. The van der Waals surface area contributed by atoms with Gasteiger partial charge in [-0.15, -0.1) is 0 Å². The van der Waals surface area contributed by atoms with Gasteiger partial charge >= 0.3 is 0 Å². The Hall–Kier alpha value is -0.870. The molecule has 1 unspecified atom stereocenters. The third-order valence-electron chi connectivity index (χ3n) is 2.04. The van der Waals surface area contributed by atoms with Gasteiger partial charge in [0.1, 0.15) is 5.60 Å². The number of aromatic nitrogens is 2. The molecule has 4 nitrogen and oxygen atoms in total. The van der Waals surface area contributed by atoms with E-state index in [4.69, 9.17) is 11.6 Å². The van der Waals surface area contributed by atoms with Gasteiger partial charge in [-0.1, -0.05) is 11.6 Å². The molecule has 0 aliphatic heterocycles. The highest BCUT2D eigenvalue weighted by Gasteiger charge is 2.24. The third-order valence-corrected chi connectivity index (χ3v) is 2.53. The molecule has 0 spiro atoms. The first-order valence-electron chi connectivity index (χ1n) is 4.24. The first-order valence-corrected chi connectivity index (χ1v) is 4.62. The molecule has 1 N–H and O–H groups in total. The summed E-state index contributed by atoms with van der Waals surface area (Å²) < 4.78 is 1.58. The topological polar surface area (TPSA) is 55.1 Å². The lowest BCUT2D eigenvalue weighted by Crippen LogP contribution is -2.30. The van der Waals surface area contributed by atoms with Crippen molar-refractivity contribution in [3.05, 3.63) is 16.4 Å². The number of aliphatic hydroxyl groups is 1. The first kappa shape index (κ1) is 11.2. The second-order valence-electron chi connectivity index (χ2n) is 3.62. The standard InChI is InChI=1S/C9H13ClN2O2/c1-6-8(10)7(12(3)11-6)4-9(2,14)5-13/h5,14H,4H2,1-3H3. The predicted octanol–water partition coefficient (Wildman–Crippen LogP) is 0.874. The van der Waals surface area contributed by atoms with Gasteiger partial charge in [0.2, 0.25) is 0 Å². The SMILES string of the molecule is Cc1nn(C)c(CC(C)(O)C=O)c1Cl. The number of hydrogen-bond donors (Lipinski definition) is 1. The van der Waals surface area contributed by atoms with Crippen molar-refractivity contribution in [2.75, 3.05) is 0 Å². The molecule has 0 amide bonds. The molecule has 1 aromatic rings. The molecule has 0 bridgehead atoms. The van der Waals surface area contributed by atoms with Crippen molar-refractivity contribution in [3.63, 3.8) is 0 Å². The van der Waals surface area contributed by atoms with Crippen LogP contribution in [0.4, 0.5) is 0 Å². The summed E-state index contributed by atoms with van der Waals surface area (Å²) >= 11 is 5.97. The third kappa shape index (κ3) is 2.13. The Balaban J connectivity index is 3.02. The van der Waals surface area contributed by atoms with Crippen LogP contribution in [-0.4, -0.2) is 26.8 Å². The van der Waals surface area contributed by atoms with E-state index in [0.717, 1.165) is 0 Å². The molecule has 0 fully saturated rings. The van der Waals surface area contributed by atoms with Gasteiger partial charge in [-0.2, -0.15) is 5.10 Å². The van der Waals surface area contributed by atoms with Crippen LogP contribution in [0.25, 0.3) is 0 Å². The number of rotatable bonds is 3. The second-order valence-corrected chi connectivity index (χ2v) is 4.00. The van der Waals surface area contributed by atoms with Crippen LogP contribution >= 0.6 is 11.6 Å². The van der Waals surface area contributed by atoms with Crippen LogP contribution in [0.1, 0.15) is 18.3 Å². The summed E-state index contributed by atoms with van der Waals surface area (Å²) in [7, 11) is 1.73. The van der Waals surface area contributed by atoms with Gasteiger partial charge in [-0.05, 0) is 13.8 Å². The van der Waals surface area contributed by atoms with Crippen LogP contribution < -0.4 is 0 Å². The fourth-order valence-electron chi connectivity index (χ4n) is 1.25. The fourth-order valence-corrected chi connectivity index (χ4v) is 1.48. The summed E-state index contributed by atoms with van der Waals surface area (Å²) in [6.07, 6.45) is 0.679. The summed E-state index contributed by atoms with van der Waals surface area (Å²) in [5.41, 5.74) is -0.0173. The van der Waals surface area contributed by atoms with Crippen LogP contribution in [0.2, 0.25) is 5.02 Å². The molecule has 0 aromatic carbocycles. The van der Waals surface area contributed by atoms with Gasteiger partial charge in [0.05, 0.1) is 16.4 Å². The number of carbonyl (C=O) groups excluding carboxylic acids is 1. The number of nitrogens with zero attached hydrogens (tertiary/aromatic N) is 2. The van der Waals surface area contributed by atoms with Gasteiger partial charge in [0.25, 0.3) is 0 Å². The van der Waals surface area contributed by atoms with Crippen LogP contribution in [0.15, 0.2) is 0 Å². The molecule has 0 radical (unpaired) electrons. The number of halogens is 1. The minimum Gasteiger partial charge on any atom is -0.382 e. The van der Waals surface area contributed by atoms with Crippen molar-refractivity contribution in [2.24, 2.45) is 7.05 Å². The maximum atomic E-state index is 10.5. The Kier molecular flexibility index (Phi) is 2.97. The average Bonchev–Trinajstić information content (AvgIpc) is 2.32. The highest BCUT2D eigenvalue weighted by molar-refractivity contribution is 6.31. The van der Waals surface area contributed by atoms with Crippen LogP contribution in [0.5, 0.6) is 0 Å². The minimum absolute atomic E-state index is 0.173. The molecule has 1 atom stereocenters. The molecule has 14 heavy (non-hydrogen) atoms. The normalized spacial score (nSPS) is 15.2. The number of hydrogen-bond acceptors (Lipinski definition) is 3. The van der Waals surface area contributed by atoms with E-state index in [1.54, 1.807) is 18.7 Å². The molecule has 0 aliphatic rings. The van der Waals surface area contributed by atoms with Gasteiger partial charge in [0, 0.05) is 13.5 Å². The van der Waals surface area contributed by atoms with E-state index in [1.807, 2.05) is 0 Å². The molecule has 0 saturated heterocycles. The predicted molar refractivity (Wildman–Crippen MR) is 53.3 cm³/mol. The Bertz CT molecular complexity index is 358. The summed E-state index contributed by atoms with van der Waals surface area (Å²) in [5.74, 6) is 0. The molecule has 1 rings (SSSR count). The number of aryl methyl sites for hydroxylation is 2. The van der Waals surface area contributed by atoms with Crippen molar-refractivity contribution < 1.29 is 9.90 Å². The van der Waals surface area contributed by atoms with Gasteiger partial charge in [0.15, 0.2) is 6.29 Å². The fraction of sp³-hybridized carbons (Fsp3) is 0.556. The van der Waals surface area contributed by atoms with Crippen LogP contribution in [0.3, 0.4) is 0 Å². The Morgan fingerprint density at radius 2 is 2.29 bits per heavy atom. The molecule has 78 valence electrons. The maximum absolute atomic E-state index is 10.5. The van der Waals surface area contributed by atoms with E-state index >= 15 is 0 Å². The van der Waals surface area contributed by atoms with Crippen molar-refractivity contribution >= 4 is 17.9 Å². The Morgan fingerprint density at radius 1 is 1.71 bits per heavy atom. The van der Waals surface area contributed by atoms with Crippen molar-refractivity contribution in [3.8, 4) is 0 Å². The lowest BCUT2D eigenvalue weighted by atomic mass is 10.0. The lowest BCUT2D eigenvalue weighted by molar-refractivity contribution is -0.122. The molecule has 1 aromatic heterocycles. The van der Waals surface area contributed by atoms with E-state index in [0.29, 0.717) is 22.7 Å². The maximum Gasteiger partial charge on any atom is 0.151 e. The zero-order chi connectivity index (χ0) is 10.9. The summed E-state index contributed by atoms with van der Waals surface area (Å²) in [6, 6.07) is 0. The van der Waals surface area contributed by atoms with Gasteiger partial charge < -0.3 is 9.90 Å². The zero-order valence-electron chi connectivity index (χ0n) is 8.41.